The van der Waals surface area contributed by atoms with Crippen molar-refractivity contribution in [3.8, 4) is 11.5 Å². The SMILES string of the molecule is CCOc1ccc(/C=C/C(=O)NCc2c(C)cc(C)[nH]c2=O)cc1OC. The molecule has 0 aliphatic rings. The Morgan fingerprint density at radius 2 is 2.00 bits per heavy atom. The fourth-order valence-corrected chi connectivity index (χ4v) is 2.57. The molecule has 0 unspecified atom stereocenters. The molecular weight excluding hydrogens is 332 g/mol. The standard InChI is InChI=1S/C20H24N2O4/c1-5-26-17-8-6-15(11-18(17)25-4)7-9-19(23)21-12-16-13(2)10-14(3)22-20(16)24/h6-11H,5,12H2,1-4H3,(H,21,23)(H,22,24)/b9-7+. The predicted molar refractivity (Wildman–Crippen MR) is 102 cm³/mol. The van der Waals surface area contributed by atoms with E-state index in [0.29, 0.717) is 23.7 Å². The van der Waals surface area contributed by atoms with Crippen LogP contribution in [0.1, 0.15) is 29.3 Å². The number of ether oxygens (including phenoxy) is 2. The highest BCUT2D eigenvalue weighted by Gasteiger charge is 2.07. The van der Waals surface area contributed by atoms with Gasteiger partial charge in [-0.05, 0) is 56.2 Å². The fraction of sp³-hybridized carbons (Fsp3) is 0.300. The van der Waals surface area contributed by atoms with E-state index in [-0.39, 0.29) is 18.0 Å². The Hall–Kier alpha value is -3.02. The largest absolute Gasteiger partial charge is 0.493 e. The second kappa shape index (κ2) is 8.89. The van der Waals surface area contributed by atoms with Crippen LogP contribution in [0, 0.1) is 13.8 Å². The lowest BCUT2D eigenvalue weighted by Gasteiger charge is -2.09. The Morgan fingerprint density at radius 1 is 1.23 bits per heavy atom. The van der Waals surface area contributed by atoms with Gasteiger partial charge in [-0.2, -0.15) is 0 Å². The second-order valence-electron chi connectivity index (χ2n) is 5.84. The smallest absolute Gasteiger partial charge is 0.253 e. The van der Waals surface area contributed by atoms with E-state index in [9.17, 15) is 9.59 Å². The van der Waals surface area contributed by atoms with Crippen molar-refractivity contribution in [1.82, 2.24) is 10.3 Å². The summed E-state index contributed by atoms with van der Waals surface area (Å²) in [6.45, 7) is 6.30. The number of aryl methyl sites for hydroxylation is 2. The molecule has 1 aromatic carbocycles. The van der Waals surface area contributed by atoms with Gasteiger partial charge in [-0.3, -0.25) is 9.59 Å². The average Bonchev–Trinajstić information content (AvgIpc) is 2.60. The molecule has 2 rings (SSSR count). The van der Waals surface area contributed by atoms with E-state index in [1.165, 1.54) is 6.08 Å². The molecule has 0 bridgehead atoms. The van der Waals surface area contributed by atoms with Crippen molar-refractivity contribution in [2.45, 2.75) is 27.3 Å². The molecule has 0 saturated carbocycles. The first kappa shape index (κ1) is 19.3. The number of nitrogens with one attached hydrogen (secondary N) is 2. The molecule has 1 heterocycles. The minimum absolute atomic E-state index is 0.178. The van der Waals surface area contributed by atoms with E-state index in [1.54, 1.807) is 25.3 Å². The van der Waals surface area contributed by atoms with Gasteiger partial charge in [-0.1, -0.05) is 6.07 Å². The van der Waals surface area contributed by atoms with Crippen LogP contribution in [-0.2, 0) is 11.3 Å². The van der Waals surface area contributed by atoms with E-state index < -0.39 is 0 Å². The molecule has 0 atom stereocenters. The predicted octanol–water partition coefficient (Wildman–Crippen LogP) is 2.73. The maximum atomic E-state index is 12.0. The molecule has 1 aromatic heterocycles. The maximum absolute atomic E-state index is 12.0. The summed E-state index contributed by atoms with van der Waals surface area (Å²) in [6, 6.07) is 7.32. The first-order chi connectivity index (χ1) is 12.4. The first-order valence-corrected chi connectivity index (χ1v) is 8.40. The normalized spacial score (nSPS) is 10.8. The third kappa shape index (κ3) is 4.99. The van der Waals surface area contributed by atoms with Gasteiger partial charge in [0.1, 0.15) is 0 Å². The van der Waals surface area contributed by atoms with Crippen LogP contribution in [0.25, 0.3) is 6.08 Å². The Kier molecular flexibility index (Phi) is 6.60. The number of methoxy groups -OCH3 is 1. The Bertz CT molecular complexity index is 869. The van der Waals surface area contributed by atoms with Crippen LogP contribution in [0.2, 0.25) is 0 Å². The number of H-pyrrole nitrogens is 1. The van der Waals surface area contributed by atoms with Gasteiger partial charge in [0.05, 0.1) is 13.7 Å². The van der Waals surface area contributed by atoms with Crippen molar-refractivity contribution in [1.29, 1.82) is 0 Å². The quantitative estimate of drug-likeness (QED) is 0.748. The molecule has 0 saturated heterocycles. The highest BCUT2D eigenvalue weighted by molar-refractivity contribution is 5.91. The monoisotopic (exact) mass is 356 g/mol. The molecule has 0 radical (unpaired) electrons. The highest BCUT2D eigenvalue weighted by Crippen LogP contribution is 2.28. The van der Waals surface area contributed by atoms with Crippen LogP contribution in [0.4, 0.5) is 0 Å². The Balaban J connectivity index is 2.03. The molecule has 138 valence electrons. The van der Waals surface area contributed by atoms with Crippen molar-refractivity contribution in [2.75, 3.05) is 13.7 Å². The zero-order valence-electron chi connectivity index (χ0n) is 15.5. The van der Waals surface area contributed by atoms with Crippen molar-refractivity contribution in [3.63, 3.8) is 0 Å². The third-order valence-corrected chi connectivity index (χ3v) is 3.85. The summed E-state index contributed by atoms with van der Waals surface area (Å²) in [7, 11) is 1.57. The van der Waals surface area contributed by atoms with E-state index in [4.69, 9.17) is 9.47 Å². The lowest BCUT2D eigenvalue weighted by Crippen LogP contribution is -2.26. The van der Waals surface area contributed by atoms with E-state index in [1.807, 2.05) is 32.9 Å². The minimum Gasteiger partial charge on any atom is -0.493 e. The van der Waals surface area contributed by atoms with E-state index >= 15 is 0 Å². The molecular formula is C20H24N2O4. The number of hydrogen-bond acceptors (Lipinski definition) is 4. The van der Waals surface area contributed by atoms with Crippen LogP contribution in [0.15, 0.2) is 35.1 Å². The van der Waals surface area contributed by atoms with Gasteiger partial charge in [-0.15, -0.1) is 0 Å². The van der Waals surface area contributed by atoms with Crippen molar-refractivity contribution < 1.29 is 14.3 Å². The molecule has 0 spiro atoms. The van der Waals surface area contributed by atoms with Crippen LogP contribution in [-0.4, -0.2) is 24.6 Å². The number of carbonyl (C=O) groups excluding carboxylic acids is 1. The van der Waals surface area contributed by atoms with Crippen molar-refractivity contribution in [2.24, 2.45) is 0 Å². The lowest BCUT2D eigenvalue weighted by molar-refractivity contribution is -0.116. The molecule has 26 heavy (non-hydrogen) atoms. The average molecular weight is 356 g/mol. The Morgan fingerprint density at radius 3 is 2.65 bits per heavy atom. The molecule has 2 N–H and O–H groups in total. The molecule has 2 aromatic rings. The summed E-state index contributed by atoms with van der Waals surface area (Å²) in [5.74, 6) is 0.985. The summed E-state index contributed by atoms with van der Waals surface area (Å²) < 4.78 is 10.8. The van der Waals surface area contributed by atoms with Crippen molar-refractivity contribution in [3.05, 3.63) is 63.1 Å². The van der Waals surface area contributed by atoms with Crippen molar-refractivity contribution >= 4 is 12.0 Å². The number of carbonyl (C=O) groups is 1. The first-order valence-electron chi connectivity index (χ1n) is 8.40. The van der Waals surface area contributed by atoms with Crippen LogP contribution in [0.5, 0.6) is 11.5 Å². The highest BCUT2D eigenvalue weighted by atomic mass is 16.5. The van der Waals surface area contributed by atoms with Gasteiger partial charge in [0.25, 0.3) is 5.56 Å². The Labute approximate surface area is 152 Å². The number of aromatic nitrogens is 1. The summed E-state index contributed by atoms with van der Waals surface area (Å²) in [5, 5.41) is 2.73. The second-order valence-corrected chi connectivity index (χ2v) is 5.84. The third-order valence-electron chi connectivity index (χ3n) is 3.85. The van der Waals surface area contributed by atoms with Gasteiger partial charge in [-0.25, -0.2) is 0 Å². The van der Waals surface area contributed by atoms with Gasteiger partial charge < -0.3 is 19.8 Å². The summed E-state index contributed by atoms with van der Waals surface area (Å²) in [4.78, 5) is 26.7. The van der Waals surface area contributed by atoms with Crippen LogP contribution >= 0.6 is 0 Å². The van der Waals surface area contributed by atoms with Gasteiger partial charge in [0, 0.05) is 23.9 Å². The number of hydrogen-bond donors (Lipinski definition) is 2. The number of pyridine rings is 1. The zero-order valence-corrected chi connectivity index (χ0v) is 15.5. The molecule has 0 aliphatic heterocycles. The molecule has 0 aliphatic carbocycles. The number of rotatable bonds is 7. The lowest BCUT2D eigenvalue weighted by atomic mass is 10.1. The number of aromatic amines is 1. The van der Waals surface area contributed by atoms with Gasteiger partial charge in [0.2, 0.25) is 5.91 Å². The zero-order chi connectivity index (χ0) is 19.1. The molecule has 6 heteroatoms. The van der Waals surface area contributed by atoms with Gasteiger partial charge in [0.15, 0.2) is 11.5 Å². The van der Waals surface area contributed by atoms with Crippen LogP contribution in [0.3, 0.4) is 0 Å². The van der Waals surface area contributed by atoms with Gasteiger partial charge >= 0.3 is 0 Å². The van der Waals surface area contributed by atoms with E-state index in [2.05, 4.69) is 10.3 Å². The molecule has 6 nitrogen and oxygen atoms in total. The molecule has 1 amide bonds. The number of benzene rings is 1. The maximum Gasteiger partial charge on any atom is 0.253 e. The summed E-state index contributed by atoms with van der Waals surface area (Å²) in [5.41, 5.74) is 2.84. The minimum atomic E-state index is -0.280. The number of amides is 1. The molecule has 0 fully saturated rings. The summed E-state index contributed by atoms with van der Waals surface area (Å²) in [6.07, 6.45) is 3.10. The topological polar surface area (TPSA) is 80.4 Å². The van der Waals surface area contributed by atoms with Crippen LogP contribution < -0.4 is 20.3 Å². The summed E-state index contributed by atoms with van der Waals surface area (Å²) >= 11 is 0. The van der Waals surface area contributed by atoms with E-state index in [0.717, 1.165) is 16.8 Å². The fourth-order valence-electron chi connectivity index (χ4n) is 2.57.